The van der Waals surface area contributed by atoms with Crippen molar-refractivity contribution in [2.45, 2.75) is 44.2 Å². The highest BCUT2D eigenvalue weighted by molar-refractivity contribution is 5.15. The standard InChI is InChI=1S/C17H28N2O/c1-19-11-6-5-9-16(19)10-12-20-17(14-18)13-15-7-3-2-4-8-15/h2-4,7-8,16-17H,5-6,9-14,18H2,1H3/t16-,17+/m0/s1. The minimum absolute atomic E-state index is 0.145. The molecule has 2 N–H and O–H groups in total. The van der Waals surface area contributed by atoms with Crippen LogP contribution in [0.4, 0.5) is 0 Å². The van der Waals surface area contributed by atoms with Crippen LogP contribution in [0.2, 0.25) is 0 Å². The Morgan fingerprint density at radius 3 is 2.80 bits per heavy atom. The average Bonchev–Trinajstić information content (AvgIpc) is 2.49. The first-order valence-corrected chi connectivity index (χ1v) is 7.85. The molecule has 3 nitrogen and oxygen atoms in total. The lowest BCUT2D eigenvalue weighted by Crippen LogP contribution is -2.37. The maximum absolute atomic E-state index is 5.99. The second-order valence-electron chi connectivity index (χ2n) is 5.84. The van der Waals surface area contributed by atoms with Crippen molar-refractivity contribution in [2.75, 3.05) is 26.7 Å². The second kappa shape index (κ2) is 8.40. The van der Waals surface area contributed by atoms with Crippen molar-refractivity contribution in [3.05, 3.63) is 35.9 Å². The van der Waals surface area contributed by atoms with Gasteiger partial charge in [-0.05, 0) is 44.8 Å². The zero-order valence-electron chi connectivity index (χ0n) is 12.6. The fourth-order valence-electron chi connectivity index (χ4n) is 2.97. The van der Waals surface area contributed by atoms with Gasteiger partial charge >= 0.3 is 0 Å². The molecule has 1 aliphatic rings. The van der Waals surface area contributed by atoms with Gasteiger partial charge in [-0.1, -0.05) is 36.8 Å². The first-order chi connectivity index (χ1) is 9.79. The molecule has 1 fully saturated rings. The molecule has 3 heteroatoms. The maximum atomic E-state index is 5.99. The Morgan fingerprint density at radius 2 is 2.10 bits per heavy atom. The van der Waals surface area contributed by atoms with Crippen molar-refractivity contribution in [2.24, 2.45) is 5.73 Å². The molecule has 0 unspecified atom stereocenters. The predicted octanol–water partition coefficient (Wildman–Crippen LogP) is 2.45. The van der Waals surface area contributed by atoms with E-state index in [9.17, 15) is 0 Å². The highest BCUT2D eigenvalue weighted by Crippen LogP contribution is 2.18. The molecule has 1 aliphatic heterocycles. The van der Waals surface area contributed by atoms with Crippen LogP contribution in [0.1, 0.15) is 31.2 Å². The molecule has 112 valence electrons. The first-order valence-electron chi connectivity index (χ1n) is 7.85. The summed E-state index contributed by atoms with van der Waals surface area (Å²) in [7, 11) is 2.23. The number of likely N-dealkylation sites (tertiary alicyclic amines) is 1. The van der Waals surface area contributed by atoms with Crippen LogP contribution < -0.4 is 5.73 Å². The molecule has 1 aromatic rings. The van der Waals surface area contributed by atoms with E-state index in [0.717, 1.165) is 19.4 Å². The highest BCUT2D eigenvalue weighted by atomic mass is 16.5. The molecule has 0 radical (unpaired) electrons. The van der Waals surface area contributed by atoms with Gasteiger partial charge in [-0.15, -0.1) is 0 Å². The summed E-state index contributed by atoms with van der Waals surface area (Å²) in [5, 5.41) is 0. The third-order valence-corrected chi connectivity index (χ3v) is 4.30. The fraction of sp³-hybridized carbons (Fsp3) is 0.647. The Kier molecular flexibility index (Phi) is 6.51. The van der Waals surface area contributed by atoms with Gasteiger partial charge in [0.1, 0.15) is 0 Å². The Balaban J connectivity index is 1.71. The van der Waals surface area contributed by atoms with Crippen LogP contribution in [0.5, 0.6) is 0 Å². The molecule has 0 aromatic heterocycles. The van der Waals surface area contributed by atoms with Gasteiger partial charge in [0.25, 0.3) is 0 Å². The van der Waals surface area contributed by atoms with Crippen molar-refractivity contribution in [3.63, 3.8) is 0 Å². The van der Waals surface area contributed by atoms with Crippen LogP contribution in [-0.2, 0) is 11.2 Å². The summed E-state index contributed by atoms with van der Waals surface area (Å²) in [6.45, 7) is 2.65. The second-order valence-corrected chi connectivity index (χ2v) is 5.84. The Hall–Kier alpha value is -0.900. The number of hydrogen-bond donors (Lipinski definition) is 1. The van der Waals surface area contributed by atoms with Crippen molar-refractivity contribution in [1.82, 2.24) is 4.90 Å². The molecule has 2 rings (SSSR count). The molecule has 0 amide bonds. The molecule has 2 atom stereocenters. The van der Waals surface area contributed by atoms with E-state index >= 15 is 0 Å². The minimum Gasteiger partial charge on any atom is -0.376 e. The van der Waals surface area contributed by atoms with Gasteiger partial charge in [-0.3, -0.25) is 0 Å². The van der Waals surface area contributed by atoms with E-state index in [0.29, 0.717) is 12.6 Å². The summed E-state index contributed by atoms with van der Waals surface area (Å²) in [4.78, 5) is 2.47. The summed E-state index contributed by atoms with van der Waals surface area (Å²) in [5.41, 5.74) is 7.14. The summed E-state index contributed by atoms with van der Waals surface area (Å²) in [5.74, 6) is 0. The molecule has 1 saturated heterocycles. The summed E-state index contributed by atoms with van der Waals surface area (Å²) >= 11 is 0. The minimum atomic E-state index is 0.145. The van der Waals surface area contributed by atoms with Gasteiger partial charge in [-0.25, -0.2) is 0 Å². The first kappa shape index (κ1) is 15.5. The van der Waals surface area contributed by atoms with E-state index in [-0.39, 0.29) is 6.10 Å². The lowest BCUT2D eigenvalue weighted by molar-refractivity contribution is 0.0390. The summed E-state index contributed by atoms with van der Waals surface area (Å²) in [6.07, 6.45) is 6.20. The number of rotatable bonds is 7. The molecule has 0 bridgehead atoms. The zero-order chi connectivity index (χ0) is 14.2. The lowest BCUT2D eigenvalue weighted by Gasteiger charge is -2.32. The molecule has 0 saturated carbocycles. The quantitative estimate of drug-likeness (QED) is 0.831. The number of benzene rings is 1. The van der Waals surface area contributed by atoms with Gasteiger partial charge < -0.3 is 15.4 Å². The third-order valence-electron chi connectivity index (χ3n) is 4.30. The topological polar surface area (TPSA) is 38.5 Å². The number of nitrogens with two attached hydrogens (primary N) is 1. The van der Waals surface area contributed by atoms with E-state index in [1.807, 2.05) is 6.07 Å². The molecule has 1 heterocycles. The van der Waals surface area contributed by atoms with Crippen molar-refractivity contribution in [3.8, 4) is 0 Å². The molecular formula is C17H28N2O. The van der Waals surface area contributed by atoms with E-state index in [2.05, 4.69) is 36.2 Å². The molecule has 20 heavy (non-hydrogen) atoms. The third kappa shape index (κ3) is 4.89. The van der Waals surface area contributed by atoms with Crippen LogP contribution >= 0.6 is 0 Å². The van der Waals surface area contributed by atoms with Crippen molar-refractivity contribution < 1.29 is 4.74 Å². The number of hydrogen-bond acceptors (Lipinski definition) is 3. The van der Waals surface area contributed by atoms with E-state index in [4.69, 9.17) is 10.5 Å². The molecule has 0 spiro atoms. The average molecular weight is 276 g/mol. The highest BCUT2D eigenvalue weighted by Gasteiger charge is 2.19. The number of nitrogens with zero attached hydrogens (tertiary/aromatic N) is 1. The van der Waals surface area contributed by atoms with Crippen LogP contribution in [0, 0.1) is 0 Å². The Morgan fingerprint density at radius 1 is 1.30 bits per heavy atom. The largest absolute Gasteiger partial charge is 0.376 e. The number of ether oxygens (including phenoxy) is 1. The smallest absolute Gasteiger partial charge is 0.0737 e. The van der Waals surface area contributed by atoms with Gasteiger partial charge in [0, 0.05) is 19.2 Å². The zero-order valence-corrected chi connectivity index (χ0v) is 12.6. The van der Waals surface area contributed by atoms with Gasteiger partial charge in [0.05, 0.1) is 6.10 Å². The summed E-state index contributed by atoms with van der Waals surface area (Å²) < 4.78 is 5.99. The maximum Gasteiger partial charge on any atom is 0.0737 e. The van der Waals surface area contributed by atoms with Crippen LogP contribution in [0.25, 0.3) is 0 Å². The summed E-state index contributed by atoms with van der Waals surface area (Å²) in [6, 6.07) is 11.2. The SMILES string of the molecule is CN1CCCC[C@H]1CCO[C@@H](CN)Cc1ccccc1. The van der Waals surface area contributed by atoms with E-state index in [1.165, 1.54) is 31.4 Å². The lowest BCUT2D eigenvalue weighted by atomic mass is 10.0. The number of piperidine rings is 1. The van der Waals surface area contributed by atoms with Gasteiger partial charge in [0.15, 0.2) is 0 Å². The fourth-order valence-corrected chi connectivity index (χ4v) is 2.97. The van der Waals surface area contributed by atoms with Crippen LogP contribution in [0.15, 0.2) is 30.3 Å². The van der Waals surface area contributed by atoms with Gasteiger partial charge in [0.2, 0.25) is 0 Å². The van der Waals surface area contributed by atoms with E-state index in [1.54, 1.807) is 0 Å². The Bertz CT molecular complexity index is 369. The van der Waals surface area contributed by atoms with Gasteiger partial charge in [-0.2, -0.15) is 0 Å². The molecule has 0 aliphatic carbocycles. The molecular weight excluding hydrogens is 248 g/mol. The van der Waals surface area contributed by atoms with E-state index < -0.39 is 0 Å². The Labute approximate surface area is 123 Å². The normalized spacial score (nSPS) is 21.8. The van der Waals surface area contributed by atoms with Crippen LogP contribution in [0.3, 0.4) is 0 Å². The van der Waals surface area contributed by atoms with Crippen LogP contribution in [-0.4, -0.2) is 43.8 Å². The van der Waals surface area contributed by atoms with Crippen molar-refractivity contribution in [1.29, 1.82) is 0 Å². The van der Waals surface area contributed by atoms with Crippen molar-refractivity contribution >= 4 is 0 Å². The monoisotopic (exact) mass is 276 g/mol. The molecule has 1 aromatic carbocycles. The predicted molar refractivity (Wildman–Crippen MR) is 83.8 cm³/mol.